The molecular formula is C14H22N4O. The van der Waals surface area contributed by atoms with Crippen LogP contribution >= 0.6 is 0 Å². The van der Waals surface area contributed by atoms with Crippen LogP contribution in [0.4, 0.5) is 5.95 Å². The van der Waals surface area contributed by atoms with E-state index in [4.69, 9.17) is 4.74 Å². The molecule has 1 saturated heterocycles. The van der Waals surface area contributed by atoms with E-state index in [9.17, 15) is 0 Å². The number of likely N-dealkylation sites (N-methyl/N-ethyl adjacent to an activating group) is 1. The second-order valence-corrected chi connectivity index (χ2v) is 5.30. The molecule has 0 aliphatic carbocycles. The summed E-state index contributed by atoms with van der Waals surface area (Å²) in [6.45, 7) is 7.09. The molecule has 1 aromatic heterocycles. The van der Waals surface area contributed by atoms with Gasteiger partial charge in [0.2, 0.25) is 5.95 Å². The summed E-state index contributed by atoms with van der Waals surface area (Å²) in [5.74, 6) is 0.749. The fraction of sp³-hybridized carbons (Fsp3) is 0.714. The smallest absolute Gasteiger partial charge is 0.222 e. The Morgan fingerprint density at radius 2 is 2.47 bits per heavy atom. The summed E-state index contributed by atoms with van der Waals surface area (Å²) in [5, 5.41) is 3.30. The molecule has 0 radical (unpaired) electrons. The minimum atomic E-state index is 0.329. The lowest BCUT2D eigenvalue weighted by Crippen LogP contribution is -2.31. The lowest BCUT2D eigenvalue weighted by molar-refractivity contribution is 0.120. The van der Waals surface area contributed by atoms with Gasteiger partial charge in [-0.1, -0.05) is 6.92 Å². The van der Waals surface area contributed by atoms with Crippen LogP contribution in [0.1, 0.15) is 31.0 Å². The fourth-order valence-corrected chi connectivity index (χ4v) is 2.74. The van der Waals surface area contributed by atoms with Crippen LogP contribution in [0.25, 0.3) is 0 Å². The van der Waals surface area contributed by atoms with Gasteiger partial charge >= 0.3 is 0 Å². The average molecular weight is 262 g/mol. The Kier molecular flexibility index (Phi) is 3.94. The lowest BCUT2D eigenvalue weighted by Gasteiger charge is -2.26. The quantitative estimate of drug-likeness (QED) is 0.890. The van der Waals surface area contributed by atoms with E-state index in [2.05, 4.69) is 27.1 Å². The summed E-state index contributed by atoms with van der Waals surface area (Å²) in [6, 6.07) is 0. The molecule has 3 heterocycles. The van der Waals surface area contributed by atoms with Crippen molar-refractivity contribution in [1.82, 2.24) is 14.9 Å². The van der Waals surface area contributed by atoms with Gasteiger partial charge in [0, 0.05) is 44.4 Å². The summed E-state index contributed by atoms with van der Waals surface area (Å²) in [7, 11) is 0. The Balaban J connectivity index is 1.61. The molecule has 2 aliphatic rings. The van der Waals surface area contributed by atoms with Crippen molar-refractivity contribution in [1.29, 1.82) is 0 Å². The molecule has 1 fully saturated rings. The van der Waals surface area contributed by atoms with Crippen molar-refractivity contribution >= 4 is 5.95 Å². The summed E-state index contributed by atoms with van der Waals surface area (Å²) < 4.78 is 5.59. The van der Waals surface area contributed by atoms with Crippen molar-refractivity contribution in [3.05, 3.63) is 17.5 Å². The van der Waals surface area contributed by atoms with Gasteiger partial charge in [0.25, 0.3) is 0 Å². The number of hydrogen-bond donors (Lipinski definition) is 1. The number of fused-ring (bicyclic) bond motifs is 1. The highest BCUT2D eigenvalue weighted by Gasteiger charge is 2.18. The second kappa shape index (κ2) is 5.84. The molecule has 2 aliphatic heterocycles. The van der Waals surface area contributed by atoms with Crippen LogP contribution in [0, 0.1) is 0 Å². The normalized spacial score (nSPS) is 23.3. The van der Waals surface area contributed by atoms with E-state index >= 15 is 0 Å². The average Bonchev–Trinajstić information content (AvgIpc) is 2.97. The lowest BCUT2D eigenvalue weighted by atomic mass is 10.1. The zero-order chi connectivity index (χ0) is 13.1. The van der Waals surface area contributed by atoms with E-state index < -0.39 is 0 Å². The molecule has 104 valence electrons. The van der Waals surface area contributed by atoms with Crippen LogP contribution < -0.4 is 5.32 Å². The van der Waals surface area contributed by atoms with Crippen LogP contribution in [0.15, 0.2) is 6.20 Å². The van der Waals surface area contributed by atoms with Gasteiger partial charge in [0.05, 0.1) is 11.8 Å². The molecule has 0 saturated carbocycles. The predicted molar refractivity (Wildman–Crippen MR) is 74.2 cm³/mol. The molecule has 0 amide bonds. The Labute approximate surface area is 114 Å². The van der Waals surface area contributed by atoms with Crippen molar-refractivity contribution < 1.29 is 4.74 Å². The first-order chi connectivity index (χ1) is 9.35. The van der Waals surface area contributed by atoms with E-state index in [1.165, 1.54) is 17.7 Å². The fourth-order valence-electron chi connectivity index (χ4n) is 2.74. The number of anilines is 1. The van der Waals surface area contributed by atoms with Crippen molar-refractivity contribution in [2.45, 2.75) is 38.8 Å². The zero-order valence-electron chi connectivity index (χ0n) is 11.6. The minimum Gasteiger partial charge on any atom is -0.376 e. The van der Waals surface area contributed by atoms with Gasteiger partial charge in [0.15, 0.2) is 0 Å². The summed E-state index contributed by atoms with van der Waals surface area (Å²) in [4.78, 5) is 11.5. The Bertz CT molecular complexity index is 431. The third-order valence-electron chi connectivity index (χ3n) is 3.97. The number of nitrogens with zero attached hydrogens (tertiary/aromatic N) is 3. The zero-order valence-corrected chi connectivity index (χ0v) is 11.6. The van der Waals surface area contributed by atoms with E-state index in [1.807, 2.05) is 6.20 Å². The first kappa shape index (κ1) is 12.8. The van der Waals surface area contributed by atoms with Gasteiger partial charge in [-0.2, -0.15) is 0 Å². The van der Waals surface area contributed by atoms with Crippen molar-refractivity contribution in [2.24, 2.45) is 0 Å². The summed E-state index contributed by atoms with van der Waals surface area (Å²) in [6.07, 6.45) is 5.64. The van der Waals surface area contributed by atoms with E-state index in [0.29, 0.717) is 6.10 Å². The second-order valence-electron chi connectivity index (χ2n) is 5.30. The highest BCUT2D eigenvalue weighted by molar-refractivity contribution is 5.31. The van der Waals surface area contributed by atoms with E-state index in [-0.39, 0.29) is 0 Å². The van der Waals surface area contributed by atoms with Gasteiger partial charge in [-0.3, -0.25) is 4.90 Å². The maximum absolute atomic E-state index is 5.59. The third kappa shape index (κ3) is 3.04. The van der Waals surface area contributed by atoms with E-state index in [0.717, 1.165) is 51.6 Å². The molecule has 0 bridgehead atoms. The van der Waals surface area contributed by atoms with Gasteiger partial charge in [-0.05, 0) is 19.4 Å². The molecule has 5 heteroatoms. The molecule has 3 rings (SSSR count). The standard InChI is InChI=1S/C14H22N4O/c1-2-18-6-5-13-11(10-18)8-15-14(17-13)16-9-12-4-3-7-19-12/h8,12H,2-7,9-10H2,1H3,(H,15,16,17)/t12-/m0/s1. The van der Waals surface area contributed by atoms with Crippen LogP contribution in [0.5, 0.6) is 0 Å². The Morgan fingerprint density at radius 3 is 3.26 bits per heavy atom. The van der Waals surface area contributed by atoms with Crippen LogP contribution in [0.3, 0.4) is 0 Å². The maximum Gasteiger partial charge on any atom is 0.222 e. The molecule has 0 unspecified atom stereocenters. The molecule has 1 N–H and O–H groups in total. The highest BCUT2D eigenvalue weighted by atomic mass is 16.5. The SMILES string of the molecule is CCN1CCc2nc(NC[C@@H]3CCCO3)ncc2C1. The molecule has 0 spiro atoms. The molecule has 1 atom stereocenters. The minimum absolute atomic E-state index is 0.329. The Hall–Kier alpha value is -1.20. The highest BCUT2D eigenvalue weighted by Crippen LogP contribution is 2.18. The monoisotopic (exact) mass is 262 g/mol. The Morgan fingerprint density at radius 1 is 1.53 bits per heavy atom. The van der Waals surface area contributed by atoms with E-state index in [1.54, 1.807) is 0 Å². The number of aromatic nitrogens is 2. The molecule has 19 heavy (non-hydrogen) atoms. The number of ether oxygens (including phenoxy) is 1. The molecule has 5 nitrogen and oxygen atoms in total. The topological polar surface area (TPSA) is 50.3 Å². The van der Waals surface area contributed by atoms with Crippen LogP contribution in [-0.2, 0) is 17.7 Å². The summed E-state index contributed by atoms with van der Waals surface area (Å²) >= 11 is 0. The number of nitrogens with one attached hydrogen (secondary N) is 1. The maximum atomic E-state index is 5.59. The summed E-state index contributed by atoms with van der Waals surface area (Å²) in [5.41, 5.74) is 2.48. The van der Waals surface area contributed by atoms with Crippen molar-refractivity contribution in [2.75, 3.05) is 31.6 Å². The first-order valence-corrected chi connectivity index (χ1v) is 7.28. The number of rotatable bonds is 4. The van der Waals surface area contributed by atoms with Gasteiger partial charge in [0.1, 0.15) is 0 Å². The van der Waals surface area contributed by atoms with Crippen molar-refractivity contribution in [3.63, 3.8) is 0 Å². The van der Waals surface area contributed by atoms with Crippen molar-refractivity contribution in [3.8, 4) is 0 Å². The van der Waals surface area contributed by atoms with Gasteiger partial charge in [-0.25, -0.2) is 9.97 Å². The molecular weight excluding hydrogens is 240 g/mol. The third-order valence-corrected chi connectivity index (χ3v) is 3.97. The number of hydrogen-bond acceptors (Lipinski definition) is 5. The molecule has 0 aromatic carbocycles. The van der Waals surface area contributed by atoms with Gasteiger partial charge in [-0.15, -0.1) is 0 Å². The largest absolute Gasteiger partial charge is 0.376 e. The first-order valence-electron chi connectivity index (χ1n) is 7.28. The van der Waals surface area contributed by atoms with Gasteiger partial charge < -0.3 is 10.1 Å². The van der Waals surface area contributed by atoms with Crippen LogP contribution in [-0.4, -0.2) is 47.2 Å². The predicted octanol–water partition coefficient (Wildman–Crippen LogP) is 1.45. The van der Waals surface area contributed by atoms with Crippen LogP contribution in [0.2, 0.25) is 0 Å². The molecule has 1 aromatic rings.